The summed E-state index contributed by atoms with van der Waals surface area (Å²) >= 11 is 1.73. The number of rotatable bonds is 5. The molecule has 1 heterocycles. The molecule has 1 unspecified atom stereocenters. The van der Waals surface area contributed by atoms with E-state index in [0.29, 0.717) is 12.6 Å². The van der Waals surface area contributed by atoms with Gasteiger partial charge in [0.25, 0.3) is 0 Å². The lowest BCUT2D eigenvalue weighted by Crippen LogP contribution is -2.67. The third kappa shape index (κ3) is 3.01. The maximum atomic E-state index is 12.4. The summed E-state index contributed by atoms with van der Waals surface area (Å²) in [7, 11) is 0. The smallest absolute Gasteiger partial charge is 0.240 e. The van der Waals surface area contributed by atoms with Crippen LogP contribution in [0.5, 0.6) is 0 Å². The molecule has 0 aliphatic carbocycles. The van der Waals surface area contributed by atoms with Gasteiger partial charge in [-0.25, -0.2) is 0 Å². The number of likely N-dealkylation sites (tertiary alicyclic amines) is 1. The van der Waals surface area contributed by atoms with Crippen LogP contribution in [0.15, 0.2) is 29.2 Å². The van der Waals surface area contributed by atoms with Crippen LogP contribution in [0.4, 0.5) is 0 Å². The van der Waals surface area contributed by atoms with Gasteiger partial charge in [-0.1, -0.05) is 12.1 Å². The molecule has 20 heavy (non-hydrogen) atoms. The van der Waals surface area contributed by atoms with Gasteiger partial charge in [0.05, 0.1) is 5.54 Å². The van der Waals surface area contributed by atoms with Gasteiger partial charge in [-0.15, -0.1) is 11.8 Å². The van der Waals surface area contributed by atoms with E-state index in [1.807, 2.05) is 6.92 Å². The topological polar surface area (TPSA) is 32.3 Å². The highest BCUT2D eigenvalue weighted by Crippen LogP contribution is 2.32. The molecule has 1 N–H and O–H groups in total. The number of hydrogen-bond donors (Lipinski definition) is 1. The summed E-state index contributed by atoms with van der Waals surface area (Å²) in [6, 6.07) is 8.76. The van der Waals surface area contributed by atoms with E-state index < -0.39 is 0 Å². The van der Waals surface area contributed by atoms with Crippen molar-refractivity contribution in [3.63, 3.8) is 0 Å². The quantitative estimate of drug-likeness (QED) is 0.847. The summed E-state index contributed by atoms with van der Waals surface area (Å²) in [5, 5.41) is 3.08. The van der Waals surface area contributed by atoms with Gasteiger partial charge >= 0.3 is 0 Å². The Balaban J connectivity index is 1.91. The Bertz CT molecular complexity index is 472. The zero-order chi connectivity index (χ0) is 14.8. The van der Waals surface area contributed by atoms with Crippen LogP contribution in [0.1, 0.15) is 32.8 Å². The zero-order valence-electron chi connectivity index (χ0n) is 12.8. The number of carbonyl (C=O) groups excluding carboxylic acids is 1. The van der Waals surface area contributed by atoms with Crippen molar-refractivity contribution in [2.75, 3.05) is 12.8 Å². The average molecular weight is 292 g/mol. The van der Waals surface area contributed by atoms with Gasteiger partial charge < -0.3 is 5.32 Å². The highest BCUT2D eigenvalue weighted by Gasteiger charge is 2.47. The van der Waals surface area contributed by atoms with Crippen molar-refractivity contribution < 1.29 is 4.79 Å². The van der Waals surface area contributed by atoms with Gasteiger partial charge in [-0.3, -0.25) is 9.69 Å². The van der Waals surface area contributed by atoms with Gasteiger partial charge in [0, 0.05) is 24.0 Å². The van der Waals surface area contributed by atoms with Gasteiger partial charge in [-0.05, 0) is 51.1 Å². The first-order valence-corrected chi connectivity index (χ1v) is 8.38. The number of amides is 1. The van der Waals surface area contributed by atoms with Crippen LogP contribution in [0.3, 0.4) is 0 Å². The summed E-state index contributed by atoms with van der Waals surface area (Å²) in [5.41, 5.74) is 0.822. The average Bonchev–Trinajstić information content (AvgIpc) is 2.42. The number of hydrogen-bond acceptors (Lipinski definition) is 3. The summed E-state index contributed by atoms with van der Waals surface area (Å²) in [5.74, 6) is 0.145. The molecule has 1 aliphatic rings. The van der Waals surface area contributed by atoms with Crippen LogP contribution in [0, 0.1) is 0 Å². The molecule has 2 rings (SSSR count). The molecule has 0 aromatic heterocycles. The molecule has 0 bridgehead atoms. The van der Waals surface area contributed by atoms with Crippen molar-refractivity contribution in [3.8, 4) is 0 Å². The van der Waals surface area contributed by atoms with E-state index in [1.54, 1.807) is 11.8 Å². The zero-order valence-corrected chi connectivity index (χ0v) is 13.6. The first-order chi connectivity index (χ1) is 9.47. The molecule has 1 aliphatic heterocycles. The minimum Gasteiger partial charge on any atom is -0.350 e. The van der Waals surface area contributed by atoms with E-state index in [0.717, 1.165) is 18.5 Å². The van der Waals surface area contributed by atoms with Crippen LogP contribution >= 0.6 is 11.8 Å². The highest BCUT2D eigenvalue weighted by atomic mass is 32.2. The lowest BCUT2D eigenvalue weighted by atomic mass is 9.84. The molecule has 1 aromatic rings. The molecule has 1 fully saturated rings. The standard InChI is InChI=1S/C16H24N2OS/c1-12(2)18-10-9-16(18,3)15(19)17-11-13-5-7-14(20-4)8-6-13/h5-8,12H,9-11H2,1-4H3,(H,17,19). The highest BCUT2D eigenvalue weighted by molar-refractivity contribution is 7.98. The summed E-state index contributed by atoms with van der Waals surface area (Å²) < 4.78 is 0. The van der Waals surface area contributed by atoms with Crippen molar-refractivity contribution in [2.24, 2.45) is 0 Å². The summed E-state index contributed by atoms with van der Waals surface area (Å²) in [6.07, 6.45) is 3.01. The van der Waals surface area contributed by atoms with Crippen molar-refractivity contribution in [2.45, 2.75) is 50.2 Å². The van der Waals surface area contributed by atoms with Crippen LogP contribution in [0.25, 0.3) is 0 Å². The van der Waals surface area contributed by atoms with Gasteiger partial charge in [0.1, 0.15) is 0 Å². The predicted molar refractivity (Wildman–Crippen MR) is 84.9 cm³/mol. The Morgan fingerprint density at radius 2 is 2.05 bits per heavy atom. The largest absolute Gasteiger partial charge is 0.350 e. The number of carbonyl (C=O) groups is 1. The van der Waals surface area contributed by atoms with Gasteiger partial charge in [-0.2, -0.15) is 0 Å². The monoisotopic (exact) mass is 292 g/mol. The van der Waals surface area contributed by atoms with Crippen molar-refractivity contribution in [1.29, 1.82) is 0 Å². The van der Waals surface area contributed by atoms with E-state index in [1.165, 1.54) is 4.90 Å². The molecule has 0 radical (unpaired) electrons. The van der Waals surface area contributed by atoms with Crippen molar-refractivity contribution in [3.05, 3.63) is 29.8 Å². The number of thioether (sulfide) groups is 1. The predicted octanol–water partition coefficient (Wildman–Crippen LogP) is 2.90. The third-order valence-electron chi connectivity index (χ3n) is 4.20. The maximum Gasteiger partial charge on any atom is 0.240 e. The van der Waals surface area contributed by atoms with Gasteiger partial charge in [0.2, 0.25) is 5.91 Å². The first-order valence-electron chi connectivity index (χ1n) is 7.15. The van der Waals surface area contributed by atoms with E-state index in [9.17, 15) is 4.79 Å². The number of nitrogens with zero attached hydrogens (tertiary/aromatic N) is 1. The molecule has 4 heteroatoms. The fourth-order valence-electron chi connectivity index (χ4n) is 2.76. The maximum absolute atomic E-state index is 12.4. The van der Waals surface area contributed by atoms with Crippen LogP contribution in [-0.4, -0.2) is 35.2 Å². The first kappa shape index (κ1) is 15.4. The van der Waals surface area contributed by atoms with Crippen LogP contribution in [-0.2, 0) is 11.3 Å². The molecule has 3 nitrogen and oxygen atoms in total. The summed E-state index contributed by atoms with van der Waals surface area (Å²) in [4.78, 5) is 15.9. The molecule has 0 spiro atoms. The minimum atomic E-state index is -0.326. The second-order valence-corrected chi connectivity index (χ2v) is 6.72. The SMILES string of the molecule is CSc1ccc(CNC(=O)C2(C)CCN2C(C)C)cc1. The van der Waals surface area contributed by atoms with Crippen molar-refractivity contribution in [1.82, 2.24) is 10.2 Å². The Kier molecular flexibility index (Phi) is 4.76. The Labute approximate surface area is 126 Å². The molecule has 1 amide bonds. The normalized spacial score (nSPS) is 22.6. The molecule has 1 aromatic carbocycles. The number of nitrogens with one attached hydrogen (secondary N) is 1. The second kappa shape index (κ2) is 6.19. The molecule has 1 saturated heterocycles. The Hall–Kier alpha value is -1.00. The van der Waals surface area contributed by atoms with E-state index >= 15 is 0 Å². The van der Waals surface area contributed by atoms with Crippen molar-refractivity contribution >= 4 is 17.7 Å². The molecule has 1 atom stereocenters. The molecular weight excluding hydrogens is 268 g/mol. The Morgan fingerprint density at radius 3 is 2.50 bits per heavy atom. The molecule has 0 saturated carbocycles. The number of benzene rings is 1. The van der Waals surface area contributed by atoms with E-state index in [-0.39, 0.29) is 11.4 Å². The molecule has 110 valence electrons. The minimum absolute atomic E-state index is 0.145. The molecular formula is C16H24N2OS. The van der Waals surface area contributed by atoms with E-state index in [2.05, 4.69) is 54.6 Å². The van der Waals surface area contributed by atoms with Crippen LogP contribution in [0.2, 0.25) is 0 Å². The van der Waals surface area contributed by atoms with Crippen LogP contribution < -0.4 is 5.32 Å². The third-order valence-corrected chi connectivity index (χ3v) is 4.94. The Morgan fingerprint density at radius 1 is 1.40 bits per heavy atom. The van der Waals surface area contributed by atoms with Gasteiger partial charge in [0.15, 0.2) is 0 Å². The summed E-state index contributed by atoms with van der Waals surface area (Å²) in [6.45, 7) is 7.96. The fraction of sp³-hybridized carbons (Fsp3) is 0.562. The lowest BCUT2D eigenvalue weighted by Gasteiger charge is -2.51. The van der Waals surface area contributed by atoms with E-state index in [4.69, 9.17) is 0 Å². The lowest BCUT2D eigenvalue weighted by molar-refractivity contribution is -0.143. The fourth-order valence-corrected chi connectivity index (χ4v) is 3.17. The second-order valence-electron chi connectivity index (χ2n) is 5.84.